The first-order valence-corrected chi connectivity index (χ1v) is 5.48. The van der Waals surface area contributed by atoms with E-state index >= 15 is 0 Å². The van der Waals surface area contributed by atoms with Crippen molar-refractivity contribution in [3.63, 3.8) is 0 Å². The fraction of sp³-hybridized carbons (Fsp3) is 1.00. The van der Waals surface area contributed by atoms with E-state index in [1.165, 1.54) is 0 Å². The minimum absolute atomic E-state index is 0.500. The Hall–Kier alpha value is 2.99. The standard InChI is InChI=1S/CI3.Sn/c2-1(3)4;. The van der Waals surface area contributed by atoms with Gasteiger partial charge in [0.1, 0.15) is 0 Å². The molecular weight excluding hydrogens is 511 g/mol. The summed E-state index contributed by atoms with van der Waals surface area (Å²) in [5, 5.41) is 0. The molecule has 0 N–H and O–H groups in total. The zero-order valence-corrected chi connectivity index (χ0v) is 11.5. The second kappa shape index (κ2) is 3.10. The predicted molar refractivity (Wildman–Crippen MR) is 50.5 cm³/mol. The van der Waals surface area contributed by atoms with Crippen molar-refractivity contribution in [3.8, 4) is 0 Å². The van der Waals surface area contributed by atoms with Gasteiger partial charge in [-0.15, -0.1) is 0 Å². The van der Waals surface area contributed by atoms with Crippen LogP contribution < -0.4 is 0 Å². The monoisotopic (exact) mass is 513 g/mol. The zero-order valence-electron chi connectivity index (χ0n) is 2.13. The van der Waals surface area contributed by atoms with E-state index in [9.17, 15) is 0 Å². The fourth-order valence-electron chi connectivity index (χ4n) is 0. The summed E-state index contributed by atoms with van der Waals surface area (Å²) in [4.78, 5) is 0. The van der Waals surface area contributed by atoms with Gasteiger partial charge in [0.15, 0.2) is 0 Å². The van der Waals surface area contributed by atoms with Crippen LogP contribution in [0.3, 0.4) is 0 Å². The predicted octanol–water partition coefficient (Wildman–Crippen LogP) is 2.07. The third-order valence-electron chi connectivity index (χ3n) is 0. The summed E-state index contributed by atoms with van der Waals surface area (Å²) in [6.45, 7) is 0. The van der Waals surface area contributed by atoms with Crippen LogP contribution in [0.2, 0.25) is 0 Å². The molecule has 0 saturated carbocycles. The Bertz CT molecular complexity index is 22.4. The van der Waals surface area contributed by atoms with Gasteiger partial charge in [-0.05, 0) is 0 Å². The average Bonchev–Trinajstić information content (AvgIpc) is 0.722. The molecule has 0 unspecified atom stereocenters. The van der Waals surface area contributed by atoms with E-state index in [0.29, 0.717) is -2.55 Å². The van der Waals surface area contributed by atoms with E-state index in [4.69, 9.17) is 0 Å². The normalized spacial score (nSPS) is 12.0. The Morgan fingerprint density at radius 3 is 1.20 bits per heavy atom. The van der Waals surface area contributed by atoms with Crippen LogP contribution >= 0.6 is 67.8 Å². The number of hydrogen-bond donors (Lipinski definition) is 0. The molecule has 0 aliphatic carbocycles. The van der Waals surface area contributed by atoms with Crippen molar-refractivity contribution in [1.82, 2.24) is 0 Å². The molecule has 0 amide bonds. The van der Waals surface area contributed by atoms with E-state index in [0.717, 1.165) is 0 Å². The van der Waals surface area contributed by atoms with Gasteiger partial charge in [0, 0.05) is 0 Å². The van der Waals surface area contributed by atoms with Crippen molar-refractivity contribution < 1.29 is 0 Å². The van der Waals surface area contributed by atoms with E-state index < -0.39 is 0 Å². The Labute approximate surface area is 85.7 Å². The van der Waals surface area contributed by atoms with Gasteiger partial charge < -0.3 is 0 Å². The van der Waals surface area contributed by atoms with Crippen LogP contribution in [0.25, 0.3) is 0 Å². The second-order valence-corrected chi connectivity index (χ2v) is 22.4. The summed E-state index contributed by atoms with van der Waals surface area (Å²) in [6, 6.07) is 0. The van der Waals surface area contributed by atoms with Gasteiger partial charge >= 0.3 is 87.7 Å². The average molecular weight is 511 g/mol. The zero-order chi connectivity index (χ0) is 4.50. The molecule has 0 atom stereocenters. The molecule has 29 valence electrons. The maximum atomic E-state index is 2.39. The first-order chi connectivity index (χ1) is 2.00. The maximum absolute atomic E-state index is 2.39. The van der Waals surface area contributed by atoms with Gasteiger partial charge in [0.2, 0.25) is 0 Å². The molecule has 0 spiro atoms. The Balaban J connectivity index is 3.02. The summed E-state index contributed by atoms with van der Waals surface area (Å²) in [5.41, 5.74) is 0. The molecule has 0 aromatic rings. The SMILES string of the molecule is [Sn][C](I)(I)I. The molecule has 0 heterocycles. The van der Waals surface area contributed by atoms with Gasteiger partial charge in [0.25, 0.3) is 0 Å². The van der Waals surface area contributed by atoms with Crippen molar-refractivity contribution in [2.24, 2.45) is 0 Å². The molecule has 0 nitrogen and oxygen atoms in total. The van der Waals surface area contributed by atoms with Crippen molar-refractivity contribution in [2.45, 2.75) is -2.55 Å². The second-order valence-electron chi connectivity index (χ2n) is 0.498. The molecule has 5 heavy (non-hydrogen) atoms. The molecule has 0 aromatic carbocycles. The van der Waals surface area contributed by atoms with Gasteiger partial charge in [-0.25, -0.2) is 0 Å². The van der Waals surface area contributed by atoms with Gasteiger partial charge in [0.05, 0.1) is 0 Å². The number of hydrogen-bond acceptors (Lipinski definition) is 0. The van der Waals surface area contributed by atoms with Crippen molar-refractivity contribution in [2.75, 3.05) is 0 Å². The van der Waals surface area contributed by atoms with Gasteiger partial charge in [-0.1, -0.05) is 0 Å². The Morgan fingerprint density at radius 1 is 1.20 bits per heavy atom. The van der Waals surface area contributed by atoms with E-state index in [1.807, 2.05) is 0 Å². The number of rotatable bonds is 0. The third kappa shape index (κ3) is 19.5. The fourth-order valence-corrected chi connectivity index (χ4v) is 0. The molecule has 0 rings (SSSR count). The van der Waals surface area contributed by atoms with Crippen LogP contribution in [0, 0.1) is 0 Å². The van der Waals surface area contributed by atoms with Crippen LogP contribution in [0.5, 0.6) is 0 Å². The summed E-state index contributed by atoms with van der Waals surface area (Å²) in [5.74, 6) is 0. The summed E-state index contributed by atoms with van der Waals surface area (Å²) >= 11 is 8.75. The molecule has 0 aliphatic heterocycles. The summed E-state index contributed by atoms with van der Waals surface area (Å²) in [6.07, 6.45) is 0. The summed E-state index contributed by atoms with van der Waals surface area (Å²) in [7, 11) is 0. The molecule has 0 fully saturated rings. The van der Waals surface area contributed by atoms with Gasteiger partial charge in [-0.2, -0.15) is 0 Å². The van der Waals surface area contributed by atoms with Crippen LogP contribution in [0.1, 0.15) is 0 Å². The van der Waals surface area contributed by atoms with Crippen molar-refractivity contribution in [3.05, 3.63) is 0 Å². The number of halogens is 3. The quantitative estimate of drug-likeness (QED) is 0.266. The Morgan fingerprint density at radius 2 is 1.20 bits per heavy atom. The topological polar surface area (TPSA) is 0 Å². The first-order valence-electron chi connectivity index (χ1n) is 0.817. The molecule has 3 radical (unpaired) electrons. The van der Waals surface area contributed by atoms with Crippen LogP contribution in [-0.2, 0) is 0 Å². The molecule has 4 heteroatoms. The molecule has 0 saturated heterocycles. The minimum atomic E-state index is 0.500. The van der Waals surface area contributed by atoms with Crippen LogP contribution in [-0.4, -0.2) is 20.0 Å². The number of alkyl halides is 3. The molecular formula is CI3Sn. The van der Waals surface area contributed by atoms with Gasteiger partial charge in [-0.3, -0.25) is 0 Å². The first kappa shape index (κ1) is 7.99. The van der Waals surface area contributed by atoms with Crippen LogP contribution in [0.15, 0.2) is 0 Å². The van der Waals surface area contributed by atoms with Crippen molar-refractivity contribution >= 4 is 90.3 Å². The Kier molecular flexibility index (Phi) is 4.96. The van der Waals surface area contributed by atoms with Crippen molar-refractivity contribution in [1.29, 1.82) is 0 Å². The third-order valence-corrected chi connectivity index (χ3v) is 0. The molecule has 0 bridgehead atoms. The summed E-state index contributed by atoms with van der Waals surface area (Å²) < 4.78 is 0.500. The van der Waals surface area contributed by atoms with E-state index in [2.05, 4.69) is 67.8 Å². The molecule has 0 aliphatic rings. The van der Waals surface area contributed by atoms with E-state index in [1.54, 1.807) is 22.5 Å². The molecule has 0 aromatic heterocycles. The van der Waals surface area contributed by atoms with Crippen LogP contribution in [0.4, 0.5) is 0 Å². The van der Waals surface area contributed by atoms with E-state index in [-0.39, 0.29) is 0 Å².